The van der Waals surface area contributed by atoms with Gasteiger partial charge in [0.1, 0.15) is 0 Å². The molecule has 0 spiro atoms. The molecule has 0 unspecified atom stereocenters. The molecule has 0 amide bonds. The summed E-state index contributed by atoms with van der Waals surface area (Å²) < 4.78 is 0. The van der Waals surface area contributed by atoms with Crippen LogP contribution in [-0.4, -0.2) is 29.3 Å². The molecule has 0 aromatic carbocycles. The highest BCUT2D eigenvalue weighted by Gasteiger charge is 1.99. The SMILES string of the molecule is C=C(C)NC(=NCCC(=O)O)/N=C(/C)CC. The third-order valence-electron chi connectivity index (χ3n) is 1.72. The van der Waals surface area contributed by atoms with Gasteiger partial charge in [0, 0.05) is 11.4 Å². The number of guanidine groups is 1. The van der Waals surface area contributed by atoms with Gasteiger partial charge >= 0.3 is 5.97 Å². The Labute approximate surface area is 96.0 Å². The van der Waals surface area contributed by atoms with Gasteiger partial charge < -0.3 is 10.4 Å². The summed E-state index contributed by atoms with van der Waals surface area (Å²) in [6, 6.07) is 0. The molecular weight excluding hydrogens is 206 g/mol. The maximum absolute atomic E-state index is 10.3. The lowest BCUT2D eigenvalue weighted by Crippen LogP contribution is -2.20. The van der Waals surface area contributed by atoms with Crippen LogP contribution in [0.1, 0.15) is 33.6 Å². The smallest absolute Gasteiger partial charge is 0.305 e. The number of carbonyl (C=O) groups is 1. The molecule has 0 saturated carbocycles. The van der Waals surface area contributed by atoms with Crippen molar-refractivity contribution < 1.29 is 9.90 Å². The molecule has 5 heteroatoms. The lowest BCUT2D eigenvalue weighted by molar-refractivity contribution is -0.136. The van der Waals surface area contributed by atoms with Crippen LogP contribution in [0.25, 0.3) is 0 Å². The largest absolute Gasteiger partial charge is 0.481 e. The van der Waals surface area contributed by atoms with Gasteiger partial charge in [-0.3, -0.25) is 9.79 Å². The number of hydrogen-bond donors (Lipinski definition) is 2. The molecule has 0 aromatic rings. The van der Waals surface area contributed by atoms with Crippen molar-refractivity contribution in [1.82, 2.24) is 5.32 Å². The summed E-state index contributed by atoms with van der Waals surface area (Å²) in [5.74, 6) is -0.442. The topological polar surface area (TPSA) is 74.0 Å². The van der Waals surface area contributed by atoms with Crippen molar-refractivity contribution >= 4 is 17.6 Å². The van der Waals surface area contributed by atoms with E-state index in [0.29, 0.717) is 5.96 Å². The van der Waals surface area contributed by atoms with E-state index in [4.69, 9.17) is 5.11 Å². The summed E-state index contributed by atoms with van der Waals surface area (Å²) in [6.45, 7) is 9.59. The Morgan fingerprint density at radius 2 is 2.06 bits per heavy atom. The van der Waals surface area contributed by atoms with Crippen LogP contribution in [0.3, 0.4) is 0 Å². The van der Waals surface area contributed by atoms with E-state index >= 15 is 0 Å². The monoisotopic (exact) mass is 225 g/mol. The fourth-order valence-electron chi connectivity index (χ4n) is 0.811. The predicted octanol–water partition coefficient (Wildman–Crippen LogP) is 1.81. The quantitative estimate of drug-likeness (QED) is 0.553. The summed E-state index contributed by atoms with van der Waals surface area (Å²) in [5, 5.41) is 11.4. The minimum absolute atomic E-state index is 0.00205. The first-order valence-corrected chi connectivity index (χ1v) is 5.18. The number of carboxylic acid groups (broad SMARTS) is 1. The van der Waals surface area contributed by atoms with Crippen LogP contribution in [-0.2, 0) is 4.79 Å². The maximum Gasteiger partial charge on any atom is 0.305 e. The van der Waals surface area contributed by atoms with Crippen LogP contribution < -0.4 is 5.32 Å². The van der Waals surface area contributed by atoms with Crippen molar-refractivity contribution in [3.05, 3.63) is 12.3 Å². The van der Waals surface area contributed by atoms with Gasteiger partial charge in [-0.1, -0.05) is 13.5 Å². The highest BCUT2D eigenvalue weighted by Crippen LogP contribution is 1.91. The second kappa shape index (κ2) is 7.62. The third kappa shape index (κ3) is 7.73. The second-order valence-corrected chi connectivity index (χ2v) is 3.46. The van der Waals surface area contributed by atoms with E-state index < -0.39 is 5.97 Å². The molecule has 0 rings (SSSR count). The van der Waals surface area contributed by atoms with Crippen LogP contribution >= 0.6 is 0 Å². The lowest BCUT2D eigenvalue weighted by atomic mass is 10.3. The number of nitrogens with one attached hydrogen (secondary N) is 1. The Balaban J connectivity index is 4.53. The van der Waals surface area contributed by atoms with E-state index in [-0.39, 0.29) is 13.0 Å². The number of aliphatic imine (C=N–C) groups is 2. The summed E-state index contributed by atoms with van der Waals surface area (Å²) in [6.07, 6.45) is 0.831. The Hall–Kier alpha value is -1.65. The molecule has 0 aliphatic rings. The highest BCUT2D eigenvalue weighted by atomic mass is 16.4. The number of rotatable bonds is 5. The van der Waals surface area contributed by atoms with E-state index in [2.05, 4.69) is 21.9 Å². The van der Waals surface area contributed by atoms with E-state index in [1.54, 1.807) is 6.92 Å². The third-order valence-corrected chi connectivity index (χ3v) is 1.72. The molecule has 0 radical (unpaired) electrons. The molecule has 0 saturated heterocycles. The van der Waals surface area contributed by atoms with E-state index in [1.807, 2.05) is 13.8 Å². The maximum atomic E-state index is 10.3. The zero-order valence-electron chi connectivity index (χ0n) is 10.1. The molecule has 2 N–H and O–H groups in total. The first-order chi connectivity index (χ1) is 7.45. The normalized spacial score (nSPS) is 12.4. The van der Waals surface area contributed by atoms with Crippen LogP contribution in [0, 0.1) is 0 Å². The summed E-state index contributed by atoms with van der Waals surface area (Å²) in [5.41, 5.74) is 1.66. The number of carboxylic acids is 1. The molecule has 0 bridgehead atoms. The van der Waals surface area contributed by atoms with Crippen LogP contribution in [0.5, 0.6) is 0 Å². The van der Waals surface area contributed by atoms with Crippen LogP contribution in [0.2, 0.25) is 0 Å². The number of aliphatic carboxylic acids is 1. The molecule has 0 aromatic heterocycles. The summed E-state index contributed by atoms with van der Waals surface area (Å²) >= 11 is 0. The van der Waals surface area contributed by atoms with E-state index in [1.165, 1.54) is 0 Å². The van der Waals surface area contributed by atoms with E-state index in [0.717, 1.165) is 17.8 Å². The molecule has 90 valence electrons. The average Bonchev–Trinajstić information content (AvgIpc) is 2.15. The van der Waals surface area contributed by atoms with Gasteiger partial charge in [0.15, 0.2) is 0 Å². The van der Waals surface area contributed by atoms with Gasteiger partial charge in [0.2, 0.25) is 5.96 Å². The van der Waals surface area contributed by atoms with Gasteiger partial charge in [-0.05, 0) is 20.3 Å². The first kappa shape index (κ1) is 14.3. The Morgan fingerprint density at radius 1 is 1.44 bits per heavy atom. The lowest BCUT2D eigenvalue weighted by Gasteiger charge is -2.05. The van der Waals surface area contributed by atoms with Crippen molar-refractivity contribution in [3.63, 3.8) is 0 Å². The zero-order valence-corrected chi connectivity index (χ0v) is 10.1. The predicted molar refractivity (Wildman–Crippen MR) is 65.9 cm³/mol. The zero-order chi connectivity index (χ0) is 12.6. The van der Waals surface area contributed by atoms with Gasteiger partial charge in [-0.25, -0.2) is 4.99 Å². The van der Waals surface area contributed by atoms with Gasteiger partial charge in [-0.15, -0.1) is 0 Å². The summed E-state index contributed by atoms with van der Waals surface area (Å²) in [7, 11) is 0. The average molecular weight is 225 g/mol. The van der Waals surface area contributed by atoms with Crippen molar-refractivity contribution in [2.45, 2.75) is 33.6 Å². The van der Waals surface area contributed by atoms with Gasteiger partial charge in [0.05, 0.1) is 13.0 Å². The Bertz CT molecular complexity index is 319. The molecule has 0 atom stereocenters. The highest BCUT2D eigenvalue weighted by molar-refractivity contribution is 5.96. The Kier molecular flexibility index (Phi) is 6.83. The van der Waals surface area contributed by atoms with E-state index in [9.17, 15) is 4.79 Å². The molecule has 0 fully saturated rings. The molecule has 16 heavy (non-hydrogen) atoms. The summed E-state index contributed by atoms with van der Waals surface area (Å²) in [4.78, 5) is 18.6. The minimum atomic E-state index is -0.866. The van der Waals surface area contributed by atoms with Crippen molar-refractivity contribution in [2.75, 3.05) is 6.54 Å². The minimum Gasteiger partial charge on any atom is -0.481 e. The van der Waals surface area contributed by atoms with Gasteiger partial charge in [-0.2, -0.15) is 0 Å². The number of allylic oxidation sites excluding steroid dienone is 1. The number of hydrogen-bond acceptors (Lipinski definition) is 2. The van der Waals surface area contributed by atoms with Crippen molar-refractivity contribution in [3.8, 4) is 0 Å². The standard InChI is InChI=1S/C11H19N3O2/c1-5-9(4)14-11(13-8(2)3)12-7-6-10(15)16/h2,5-7H2,1,3-4H3,(H,12,13)(H,15,16)/b14-9-. The second-order valence-electron chi connectivity index (χ2n) is 3.46. The molecule has 0 aliphatic carbocycles. The van der Waals surface area contributed by atoms with Crippen LogP contribution in [0.15, 0.2) is 22.3 Å². The fourth-order valence-corrected chi connectivity index (χ4v) is 0.811. The Morgan fingerprint density at radius 3 is 2.50 bits per heavy atom. The molecule has 0 heterocycles. The fraction of sp³-hybridized carbons (Fsp3) is 0.545. The first-order valence-electron chi connectivity index (χ1n) is 5.18. The van der Waals surface area contributed by atoms with Crippen molar-refractivity contribution in [2.24, 2.45) is 9.98 Å². The van der Waals surface area contributed by atoms with Crippen molar-refractivity contribution in [1.29, 1.82) is 0 Å². The van der Waals surface area contributed by atoms with Gasteiger partial charge in [0.25, 0.3) is 0 Å². The molecule has 5 nitrogen and oxygen atoms in total. The number of nitrogens with zero attached hydrogens (tertiary/aromatic N) is 2. The van der Waals surface area contributed by atoms with Crippen LogP contribution in [0.4, 0.5) is 0 Å². The molecular formula is C11H19N3O2. The molecule has 0 aliphatic heterocycles.